The maximum Gasteiger partial charge on any atom is 0.262 e. The lowest BCUT2D eigenvalue weighted by Crippen LogP contribution is -2.09. The fraction of sp³-hybridized carbons (Fsp3) is 0.0556. The van der Waals surface area contributed by atoms with Crippen LogP contribution in [0.25, 0.3) is 34.3 Å². The van der Waals surface area contributed by atoms with Gasteiger partial charge < -0.3 is 4.98 Å². The standard InChI is InChI=1S/C18H14N4OS/c1-22-17-15(10-19-22)18(23)21-16(20-17)8-7-14-9-13(11-24-14)12-5-3-2-4-6-12/h2-11H,1H3,(H,20,21,23)/b8-7+. The summed E-state index contributed by atoms with van der Waals surface area (Å²) in [6.07, 6.45) is 5.30. The molecule has 5 nitrogen and oxygen atoms in total. The van der Waals surface area contributed by atoms with Crippen molar-refractivity contribution in [1.82, 2.24) is 19.7 Å². The molecule has 0 spiro atoms. The molecular weight excluding hydrogens is 320 g/mol. The molecule has 1 N–H and O–H groups in total. The number of H-pyrrole nitrogens is 1. The Kier molecular flexibility index (Phi) is 3.59. The molecule has 4 rings (SSSR count). The van der Waals surface area contributed by atoms with Gasteiger partial charge in [0.1, 0.15) is 11.2 Å². The Hall–Kier alpha value is -2.99. The molecule has 0 saturated heterocycles. The van der Waals surface area contributed by atoms with Gasteiger partial charge in [0, 0.05) is 11.9 Å². The van der Waals surface area contributed by atoms with Gasteiger partial charge >= 0.3 is 0 Å². The van der Waals surface area contributed by atoms with Crippen LogP contribution in [0.2, 0.25) is 0 Å². The van der Waals surface area contributed by atoms with Crippen molar-refractivity contribution in [3.8, 4) is 11.1 Å². The average molecular weight is 334 g/mol. The minimum absolute atomic E-state index is 0.177. The Morgan fingerprint density at radius 2 is 2.00 bits per heavy atom. The molecule has 0 aliphatic rings. The fourth-order valence-electron chi connectivity index (χ4n) is 2.51. The van der Waals surface area contributed by atoms with E-state index in [0.717, 1.165) is 4.88 Å². The number of nitrogens with one attached hydrogen (secondary N) is 1. The smallest absolute Gasteiger partial charge is 0.262 e. The molecule has 0 amide bonds. The summed E-state index contributed by atoms with van der Waals surface area (Å²) >= 11 is 1.65. The molecule has 0 fully saturated rings. The van der Waals surface area contributed by atoms with Crippen LogP contribution in [0, 0.1) is 0 Å². The highest BCUT2D eigenvalue weighted by Crippen LogP contribution is 2.26. The van der Waals surface area contributed by atoms with Crippen LogP contribution in [-0.2, 0) is 7.05 Å². The Bertz CT molecular complexity index is 1090. The van der Waals surface area contributed by atoms with Gasteiger partial charge in [-0.15, -0.1) is 11.3 Å². The summed E-state index contributed by atoms with van der Waals surface area (Å²) in [6, 6.07) is 12.4. The number of aromatic nitrogens is 4. The van der Waals surface area contributed by atoms with Crippen molar-refractivity contribution in [2.24, 2.45) is 7.05 Å². The van der Waals surface area contributed by atoms with Crippen LogP contribution >= 0.6 is 11.3 Å². The van der Waals surface area contributed by atoms with Gasteiger partial charge in [0.2, 0.25) is 0 Å². The predicted octanol–water partition coefficient (Wildman–Crippen LogP) is 3.56. The van der Waals surface area contributed by atoms with Gasteiger partial charge in [0.15, 0.2) is 5.65 Å². The Morgan fingerprint density at radius 1 is 1.17 bits per heavy atom. The van der Waals surface area contributed by atoms with Gasteiger partial charge in [-0.3, -0.25) is 9.48 Å². The lowest BCUT2D eigenvalue weighted by molar-refractivity contribution is 0.784. The van der Waals surface area contributed by atoms with E-state index in [0.29, 0.717) is 16.9 Å². The van der Waals surface area contributed by atoms with Crippen molar-refractivity contribution in [3.05, 3.63) is 69.0 Å². The van der Waals surface area contributed by atoms with Gasteiger partial charge in [0.25, 0.3) is 5.56 Å². The molecule has 1 aromatic carbocycles. The van der Waals surface area contributed by atoms with Crippen molar-refractivity contribution in [3.63, 3.8) is 0 Å². The fourth-order valence-corrected chi connectivity index (χ4v) is 3.32. The quantitative estimate of drug-likeness (QED) is 0.623. The van der Waals surface area contributed by atoms with Gasteiger partial charge in [0.05, 0.1) is 6.20 Å². The van der Waals surface area contributed by atoms with Crippen molar-refractivity contribution in [2.75, 3.05) is 0 Å². The summed E-state index contributed by atoms with van der Waals surface area (Å²) in [5, 5.41) is 6.68. The zero-order chi connectivity index (χ0) is 16.5. The van der Waals surface area contributed by atoms with Crippen LogP contribution in [0.15, 0.2) is 52.8 Å². The van der Waals surface area contributed by atoms with Crippen molar-refractivity contribution in [2.45, 2.75) is 0 Å². The molecule has 0 unspecified atom stereocenters. The summed E-state index contributed by atoms with van der Waals surface area (Å²) in [6.45, 7) is 0. The zero-order valence-corrected chi connectivity index (χ0v) is 13.7. The van der Waals surface area contributed by atoms with E-state index in [4.69, 9.17) is 0 Å². The second-order valence-electron chi connectivity index (χ2n) is 5.39. The zero-order valence-electron chi connectivity index (χ0n) is 12.9. The number of thiophene rings is 1. The Morgan fingerprint density at radius 3 is 2.83 bits per heavy atom. The van der Waals surface area contributed by atoms with Crippen molar-refractivity contribution in [1.29, 1.82) is 0 Å². The first-order valence-corrected chi connectivity index (χ1v) is 8.33. The molecule has 0 radical (unpaired) electrons. The molecule has 0 aliphatic carbocycles. The SMILES string of the molecule is Cn1ncc2c(=O)[nH]c(/C=C/c3cc(-c4ccccc4)cs3)nc21. The largest absolute Gasteiger partial charge is 0.306 e. The van der Waals surface area contributed by atoms with Crippen LogP contribution in [0.4, 0.5) is 0 Å². The van der Waals surface area contributed by atoms with Crippen molar-refractivity contribution >= 4 is 34.5 Å². The van der Waals surface area contributed by atoms with E-state index < -0.39 is 0 Å². The number of fused-ring (bicyclic) bond motifs is 1. The third-order valence-electron chi connectivity index (χ3n) is 3.75. The molecule has 3 heterocycles. The highest BCUT2D eigenvalue weighted by molar-refractivity contribution is 7.11. The van der Waals surface area contributed by atoms with Crippen LogP contribution in [0.1, 0.15) is 10.7 Å². The second kappa shape index (κ2) is 5.90. The van der Waals surface area contributed by atoms with Gasteiger partial charge in [-0.2, -0.15) is 5.10 Å². The molecule has 4 aromatic rings. The number of hydrogen-bond donors (Lipinski definition) is 1. The lowest BCUT2D eigenvalue weighted by Gasteiger charge is -1.96. The Labute approximate surface area is 141 Å². The number of hydrogen-bond acceptors (Lipinski definition) is 4. The first-order valence-electron chi connectivity index (χ1n) is 7.45. The molecule has 0 saturated carbocycles. The third kappa shape index (κ3) is 2.68. The van der Waals surface area contributed by atoms with Crippen LogP contribution < -0.4 is 5.56 Å². The van der Waals surface area contributed by atoms with E-state index in [1.165, 1.54) is 17.3 Å². The number of aryl methyl sites for hydroxylation is 1. The van der Waals surface area contributed by atoms with Gasteiger partial charge in [-0.25, -0.2) is 4.98 Å². The third-order valence-corrected chi connectivity index (χ3v) is 4.65. The van der Waals surface area contributed by atoms with E-state index in [-0.39, 0.29) is 5.56 Å². The average Bonchev–Trinajstić information content (AvgIpc) is 3.22. The molecule has 0 aliphatic heterocycles. The minimum atomic E-state index is -0.177. The highest BCUT2D eigenvalue weighted by Gasteiger charge is 2.06. The minimum Gasteiger partial charge on any atom is -0.306 e. The number of aromatic amines is 1. The van der Waals surface area contributed by atoms with Gasteiger partial charge in [-0.1, -0.05) is 30.3 Å². The summed E-state index contributed by atoms with van der Waals surface area (Å²) in [5.74, 6) is 0.519. The summed E-state index contributed by atoms with van der Waals surface area (Å²) in [7, 11) is 1.77. The molecule has 0 atom stereocenters. The molecule has 24 heavy (non-hydrogen) atoms. The van der Waals surface area contributed by atoms with E-state index in [9.17, 15) is 4.79 Å². The lowest BCUT2D eigenvalue weighted by atomic mass is 10.1. The van der Waals surface area contributed by atoms with Gasteiger partial charge in [-0.05, 0) is 34.7 Å². The monoisotopic (exact) mass is 334 g/mol. The first-order chi connectivity index (χ1) is 11.7. The van der Waals surface area contributed by atoms with Crippen molar-refractivity contribution < 1.29 is 0 Å². The number of nitrogens with zero attached hydrogens (tertiary/aromatic N) is 3. The predicted molar refractivity (Wildman–Crippen MR) is 97.8 cm³/mol. The van der Waals surface area contributed by atoms with E-state index in [1.807, 2.05) is 30.4 Å². The highest BCUT2D eigenvalue weighted by atomic mass is 32.1. The van der Waals surface area contributed by atoms with E-state index in [2.05, 4.69) is 38.6 Å². The Balaban J connectivity index is 1.65. The van der Waals surface area contributed by atoms with E-state index >= 15 is 0 Å². The number of benzene rings is 1. The maximum atomic E-state index is 12.0. The maximum absolute atomic E-state index is 12.0. The van der Waals surface area contributed by atoms with E-state index in [1.54, 1.807) is 23.1 Å². The number of rotatable bonds is 3. The van der Waals surface area contributed by atoms with Crippen LogP contribution in [0.3, 0.4) is 0 Å². The summed E-state index contributed by atoms with van der Waals surface area (Å²) < 4.78 is 1.60. The summed E-state index contributed by atoms with van der Waals surface area (Å²) in [4.78, 5) is 20.3. The van der Waals surface area contributed by atoms with Crippen LogP contribution in [-0.4, -0.2) is 19.7 Å². The molecule has 6 heteroatoms. The first kappa shape index (κ1) is 14.6. The molecule has 3 aromatic heterocycles. The molecular formula is C18H14N4OS. The topological polar surface area (TPSA) is 63.6 Å². The summed E-state index contributed by atoms with van der Waals surface area (Å²) in [5.41, 5.74) is 2.78. The normalized spacial score (nSPS) is 11.5. The second-order valence-corrected chi connectivity index (χ2v) is 6.34. The molecule has 0 bridgehead atoms. The van der Waals surface area contributed by atoms with Crippen LogP contribution in [0.5, 0.6) is 0 Å². The molecule has 118 valence electrons.